The van der Waals surface area contributed by atoms with Gasteiger partial charge in [0.15, 0.2) is 0 Å². The minimum Gasteiger partial charge on any atom is -0.327 e. The molecule has 84 valence electrons. The summed E-state index contributed by atoms with van der Waals surface area (Å²) in [6, 6.07) is 4.42. The lowest BCUT2D eigenvalue weighted by Crippen LogP contribution is -2.28. The highest BCUT2D eigenvalue weighted by molar-refractivity contribution is 5.08. The van der Waals surface area contributed by atoms with Crippen molar-refractivity contribution in [3.8, 4) is 0 Å². The van der Waals surface area contributed by atoms with Gasteiger partial charge in [-0.2, -0.15) is 0 Å². The average Bonchev–Trinajstić information content (AvgIpc) is 2.27. The summed E-state index contributed by atoms with van der Waals surface area (Å²) in [5, 5.41) is 0. The van der Waals surface area contributed by atoms with E-state index in [4.69, 9.17) is 5.73 Å². The van der Waals surface area contributed by atoms with Crippen LogP contribution in [-0.4, -0.2) is 11.0 Å². The summed E-state index contributed by atoms with van der Waals surface area (Å²) < 4.78 is 0. The van der Waals surface area contributed by atoms with Gasteiger partial charge < -0.3 is 5.73 Å². The molecule has 1 aromatic heterocycles. The van der Waals surface area contributed by atoms with E-state index < -0.39 is 0 Å². The first-order valence-corrected chi connectivity index (χ1v) is 5.88. The van der Waals surface area contributed by atoms with Crippen LogP contribution in [-0.2, 0) is 6.42 Å². The summed E-state index contributed by atoms with van der Waals surface area (Å²) in [5.41, 5.74) is 7.42. The van der Waals surface area contributed by atoms with Gasteiger partial charge in [-0.25, -0.2) is 0 Å². The zero-order chi connectivity index (χ0) is 11.1. The maximum absolute atomic E-state index is 6.13. The van der Waals surface area contributed by atoms with Gasteiger partial charge in [-0.05, 0) is 36.8 Å². The number of rotatable bonds is 6. The van der Waals surface area contributed by atoms with Crippen LogP contribution in [0.15, 0.2) is 24.5 Å². The van der Waals surface area contributed by atoms with Crippen LogP contribution in [0, 0.1) is 5.92 Å². The van der Waals surface area contributed by atoms with Crippen LogP contribution in [0.25, 0.3) is 0 Å². The van der Waals surface area contributed by atoms with E-state index in [0.29, 0.717) is 12.0 Å². The molecule has 0 saturated heterocycles. The fourth-order valence-electron chi connectivity index (χ4n) is 1.83. The summed E-state index contributed by atoms with van der Waals surface area (Å²) in [6.45, 7) is 4.46. The molecular weight excluding hydrogens is 184 g/mol. The minimum absolute atomic E-state index is 0.324. The second-order valence-corrected chi connectivity index (χ2v) is 4.33. The Kier molecular flexibility index (Phi) is 5.33. The number of aryl methyl sites for hydroxylation is 1. The Morgan fingerprint density at radius 2 is 2.20 bits per heavy atom. The highest BCUT2D eigenvalue weighted by atomic mass is 14.6. The molecule has 0 aromatic carbocycles. The third kappa shape index (κ3) is 4.43. The highest BCUT2D eigenvalue weighted by Gasteiger charge is 2.11. The molecule has 2 unspecified atom stereocenters. The first-order chi connectivity index (χ1) is 7.24. The normalized spacial score (nSPS) is 14.9. The number of nitrogens with two attached hydrogens (primary N) is 1. The van der Waals surface area contributed by atoms with Crippen molar-refractivity contribution in [1.82, 2.24) is 4.98 Å². The first-order valence-electron chi connectivity index (χ1n) is 5.88. The maximum atomic E-state index is 6.13. The minimum atomic E-state index is 0.324. The predicted molar refractivity (Wildman–Crippen MR) is 64.6 cm³/mol. The fraction of sp³-hybridized carbons (Fsp3) is 0.615. The monoisotopic (exact) mass is 206 g/mol. The van der Waals surface area contributed by atoms with Gasteiger partial charge in [-0.1, -0.05) is 26.3 Å². The molecule has 1 heterocycles. The number of pyridine rings is 1. The lowest BCUT2D eigenvalue weighted by atomic mass is 9.93. The van der Waals surface area contributed by atoms with E-state index in [-0.39, 0.29) is 0 Å². The van der Waals surface area contributed by atoms with Crippen LogP contribution >= 0.6 is 0 Å². The molecule has 2 heteroatoms. The van der Waals surface area contributed by atoms with Crippen LogP contribution in [0.2, 0.25) is 0 Å². The van der Waals surface area contributed by atoms with Crippen molar-refractivity contribution >= 4 is 0 Å². The van der Waals surface area contributed by atoms with E-state index in [1.807, 2.05) is 18.5 Å². The second-order valence-electron chi connectivity index (χ2n) is 4.33. The smallest absolute Gasteiger partial charge is 0.0299 e. The van der Waals surface area contributed by atoms with Crippen molar-refractivity contribution in [2.45, 2.75) is 45.6 Å². The second kappa shape index (κ2) is 6.57. The lowest BCUT2D eigenvalue weighted by molar-refractivity contribution is 0.402. The average molecular weight is 206 g/mol. The molecule has 0 aliphatic rings. The van der Waals surface area contributed by atoms with Crippen LogP contribution in [0.3, 0.4) is 0 Å². The molecule has 0 aliphatic carbocycles. The van der Waals surface area contributed by atoms with Crippen molar-refractivity contribution in [2.75, 3.05) is 0 Å². The Labute approximate surface area is 92.9 Å². The zero-order valence-electron chi connectivity index (χ0n) is 9.82. The molecule has 1 rings (SSSR count). The van der Waals surface area contributed by atoms with E-state index in [2.05, 4.69) is 24.9 Å². The van der Waals surface area contributed by atoms with Crippen LogP contribution < -0.4 is 5.73 Å². The van der Waals surface area contributed by atoms with Crippen molar-refractivity contribution in [3.05, 3.63) is 30.1 Å². The van der Waals surface area contributed by atoms with Gasteiger partial charge in [-0.3, -0.25) is 4.98 Å². The number of aromatic nitrogens is 1. The Morgan fingerprint density at radius 1 is 1.40 bits per heavy atom. The summed E-state index contributed by atoms with van der Waals surface area (Å²) in [6.07, 6.45) is 8.30. The summed E-state index contributed by atoms with van der Waals surface area (Å²) in [7, 11) is 0. The van der Waals surface area contributed by atoms with Gasteiger partial charge in [0.1, 0.15) is 0 Å². The molecule has 2 nitrogen and oxygen atoms in total. The van der Waals surface area contributed by atoms with Crippen LogP contribution in [0.4, 0.5) is 0 Å². The van der Waals surface area contributed by atoms with Crippen LogP contribution in [0.1, 0.15) is 38.7 Å². The van der Waals surface area contributed by atoms with Crippen molar-refractivity contribution in [3.63, 3.8) is 0 Å². The predicted octanol–water partition coefficient (Wildman–Crippen LogP) is 2.78. The zero-order valence-corrected chi connectivity index (χ0v) is 9.82. The number of hydrogen-bond acceptors (Lipinski definition) is 2. The van der Waals surface area contributed by atoms with E-state index in [0.717, 1.165) is 12.8 Å². The molecule has 0 radical (unpaired) electrons. The number of hydrogen-bond donors (Lipinski definition) is 1. The van der Waals surface area contributed by atoms with Crippen molar-refractivity contribution in [1.29, 1.82) is 0 Å². The molecule has 2 atom stereocenters. The van der Waals surface area contributed by atoms with Gasteiger partial charge >= 0.3 is 0 Å². The van der Waals surface area contributed by atoms with Gasteiger partial charge in [0.25, 0.3) is 0 Å². The van der Waals surface area contributed by atoms with Gasteiger partial charge in [-0.15, -0.1) is 0 Å². The molecule has 15 heavy (non-hydrogen) atoms. The molecule has 0 saturated carbocycles. The molecule has 1 aromatic rings. The topological polar surface area (TPSA) is 38.9 Å². The third-order valence-corrected chi connectivity index (χ3v) is 2.96. The molecule has 0 spiro atoms. The molecule has 0 amide bonds. The van der Waals surface area contributed by atoms with E-state index in [1.165, 1.54) is 18.4 Å². The Morgan fingerprint density at radius 3 is 2.80 bits per heavy atom. The van der Waals surface area contributed by atoms with Gasteiger partial charge in [0, 0.05) is 18.4 Å². The Hall–Kier alpha value is -0.890. The Balaban J connectivity index is 2.31. The standard InChI is InChI=1S/C13H22N2/c1-3-5-11(2)13(14)8-7-12-6-4-9-15-10-12/h4,6,9-11,13H,3,5,7-8,14H2,1-2H3. The fourth-order valence-corrected chi connectivity index (χ4v) is 1.83. The summed E-state index contributed by atoms with van der Waals surface area (Å²) in [4.78, 5) is 4.10. The van der Waals surface area contributed by atoms with Gasteiger partial charge in [0.05, 0.1) is 0 Å². The Bertz CT molecular complexity index is 258. The van der Waals surface area contributed by atoms with Gasteiger partial charge in [0.2, 0.25) is 0 Å². The molecule has 0 bridgehead atoms. The van der Waals surface area contributed by atoms with E-state index >= 15 is 0 Å². The maximum Gasteiger partial charge on any atom is 0.0299 e. The first kappa shape index (κ1) is 12.2. The molecule has 2 N–H and O–H groups in total. The van der Waals surface area contributed by atoms with Crippen LogP contribution in [0.5, 0.6) is 0 Å². The molecule has 0 aliphatic heterocycles. The lowest BCUT2D eigenvalue weighted by Gasteiger charge is -2.18. The molecule has 0 fully saturated rings. The van der Waals surface area contributed by atoms with E-state index in [9.17, 15) is 0 Å². The van der Waals surface area contributed by atoms with Crippen molar-refractivity contribution < 1.29 is 0 Å². The SMILES string of the molecule is CCCC(C)C(N)CCc1cccnc1. The summed E-state index contributed by atoms with van der Waals surface area (Å²) >= 11 is 0. The van der Waals surface area contributed by atoms with E-state index in [1.54, 1.807) is 0 Å². The third-order valence-electron chi connectivity index (χ3n) is 2.96. The highest BCUT2D eigenvalue weighted by Crippen LogP contribution is 2.13. The summed E-state index contributed by atoms with van der Waals surface area (Å²) in [5.74, 6) is 0.631. The van der Waals surface area contributed by atoms with Crippen molar-refractivity contribution in [2.24, 2.45) is 11.7 Å². The number of nitrogens with zero attached hydrogens (tertiary/aromatic N) is 1. The largest absolute Gasteiger partial charge is 0.327 e. The molecular formula is C13H22N2. The quantitative estimate of drug-likeness (QED) is 0.777.